The van der Waals surface area contributed by atoms with Gasteiger partial charge in [0.15, 0.2) is 0 Å². The Balaban J connectivity index is 3.11. The van der Waals surface area contributed by atoms with Gasteiger partial charge in [-0.1, -0.05) is 24.3 Å². The van der Waals surface area contributed by atoms with Crippen molar-refractivity contribution in [2.75, 3.05) is 0 Å². The van der Waals surface area contributed by atoms with E-state index in [-0.39, 0.29) is 0 Å². The maximum absolute atomic E-state index is 11.0. The summed E-state index contributed by atoms with van der Waals surface area (Å²) in [6, 6.07) is 6.69. The van der Waals surface area contributed by atoms with Crippen molar-refractivity contribution in [3.63, 3.8) is 0 Å². The van der Waals surface area contributed by atoms with E-state index in [0.29, 0.717) is 11.1 Å². The van der Waals surface area contributed by atoms with Gasteiger partial charge >= 0.3 is 0 Å². The summed E-state index contributed by atoms with van der Waals surface area (Å²) in [5.41, 5.74) is 1.02. The number of benzene rings is 1. The summed E-state index contributed by atoms with van der Waals surface area (Å²) >= 11 is -2.41. The molecule has 4 heteroatoms. The van der Waals surface area contributed by atoms with E-state index in [1.165, 1.54) is 6.07 Å². The smallest absolute Gasteiger partial charge is 0.276 e. The molecule has 3 nitrogen and oxygen atoms in total. The highest BCUT2D eigenvalue weighted by Gasteiger charge is 2.13. The van der Waals surface area contributed by atoms with Gasteiger partial charge in [-0.3, -0.25) is 9.35 Å². The van der Waals surface area contributed by atoms with Crippen molar-refractivity contribution >= 4 is 16.2 Å². The van der Waals surface area contributed by atoms with Crippen molar-refractivity contribution in [2.45, 2.75) is 6.92 Å². The highest BCUT2D eigenvalue weighted by atomic mass is 32.2. The minimum atomic E-state index is -2.41. The van der Waals surface area contributed by atoms with E-state index >= 15 is 0 Å². The Kier molecular flexibility index (Phi) is 2.73. The molecule has 64 valence electrons. The first-order chi connectivity index (χ1) is 5.63. The predicted molar refractivity (Wildman–Crippen MR) is 46.3 cm³/mol. The van der Waals surface area contributed by atoms with Crippen LogP contribution in [0.1, 0.15) is 15.9 Å². The summed E-state index contributed by atoms with van der Waals surface area (Å²) in [6.07, 6.45) is 0. The lowest BCUT2D eigenvalue weighted by molar-refractivity contribution is 0.107. The number of hydrogen-bond acceptors (Lipinski definition) is 2. The summed E-state index contributed by atoms with van der Waals surface area (Å²) in [7, 11) is 0. The molecule has 1 unspecified atom stereocenters. The van der Waals surface area contributed by atoms with Crippen LogP contribution >= 0.6 is 0 Å². The molecule has 1 atom stereocenters. The number of carbonyl (C=O) groups excluding carboxylic acids is 1. The third kappa shape index (κ3) is 1.78. The number of hydrogen-bond donors (Lipinski definition) is 1. The molecule has 0 saturated heterocycles. The molecular formula is C8H8O3S. The minimum absolute atomic E-state index is 0.304. The first-order valence-corrected chi connectivity index (χ1v) is 4.44. The Hall–Kier alpha value is -1.00. The van der Waals surface area contributed by atoms with E-state index in [2.05, 4.69) is 0 Å². The summed E-state index contributed by atoms with van der Waals surface area (Å²) in [4.78, 5) is 11.0. The summed E-state index contributed by atoms with van der Waals surface area (Å²) in [5, 5.41) is -0.742. The molecule has 0 aliphatic heterocycles. The van der Waals surface area contributed by atoms with Gasteiger partial charge in [-0.2, -0.15) is 0 Å². The Morgan fingerprint density at radius 3 is 2.50 bits per heavy atom. The van der Waals surface area contributed by atoms with E-state index in [0.717, 1.165) is 0 Å². The van der Waals surface area contributed by atoms with Crippen LogP contribution < -0.4 is 0 Å². The van der Waals surface area contributed by atoms with Gasteiger partial charge in [0.25, 0.3) is 5.12 Å². The van der Waals surface area contributed by atoms with Gasteiger partial charge in [0, 0.05) is 5.56 Å². The standard InChI is InChI=1S/C8H8O3S/c1-6-4-2-3-5-7(6)8(9)12(10)11/h2-5H,1H3,(H,10,11). The lowest BCUT2D eigenvalue weighted by Crippen LogP contribution is -2.07. The van der Waals surface area contributed by atoms with Crippen LogP contribution in [0.2, 0.25) is 0 Å². The quantitative estimate of drug-likeness (QED) is 0.670. The molecule has 0 aromatic heterocycles. The molecule has 12 heavy (non-hydrogen) atoms. The highest BCUT2D eigenvalue weighted by Crippen LogP contribution is 2.08. The molecule has 1 N–H and O–H groups in total. The van der Waals surface area contributed by atoms with Gasteiger partial charge in [0.1, 0.15) is 0 Å². The number of aryl methyl sites for hydroxylation is 1. The van der Waals surface area contributed by atoms with Crippen LogP contribution in [-0.2, 0) is 11.1 Å². The zero-order valence-corrected chi connectivity index (χ0v) is 7.30. The second kappa shape index (κ2) is 3.60. The van der Waals surface area contributed by atoms with Crippen molar-refractivity contribution in [1.82, 2.24) is 0 Å². The maximum atomic E-state index is 11.0. The molecular weight excluding hydrogens is 176 g/mol. The third-order valence-electron chi connectivity index (χ3n) is 1.52. The van der Waals surface area contributed by atoms with Crippen LogP contribution in [0.25, 0.3) is 0 Å². The fourth-order valence-corrected chi connectivity index (χ4v) is 1.31. The summed E-state index contributed by atoms with van der Waals surface area (Å²) in [6.45, 7) is 1.72. The zero-order chi connectivity index (χ0) is 9.14. The monoisotopic (exact) mass is 184 g/mol. The van der Waals surface area contributed by atoms with Crippen molar-refractivity contribution in [2.24, 2.45) is 0 Å². The van der Waals surface area contributed by atoms with E-state index in [1.807, 2.05) is 0 Å². The molecule has 0 bridgehead atoms. The molecule has 0 heterocycles. The van der Waals surface area contributed by atoms with Crippen molar-refractivity contribution in [3.8, 4) is 0 Å². The van der Waals surface area contributed by atoms with E-state index < -0.39 is 16.2 Å². The number of carbonyl (C=O) groups is 1. The van der Waals surface area contributed by atoms with Gasteiger partial charge in [-0.05, 0) is 12.5 Å². The lowest BCUT2D eigenvalue weighted by Gasteiger charge is -1.99. The second-order valence-electron chi connectivity index (χ2n) is 2.35. The average molecular weight is 184 g/mol. The first-order valence-electron chi connectivity index (χ1n) is 3.33. The number of rotatable bonds is 1. The Morgan fingerprint density at radius 2 is 2.00 bits per heavy atom. The maximum Gasteiger partial charge on any atom is 0.276 e. The lowest BCUT2D eigenvalue weighted by atomic mass is 10.1. The van der Waals surface area contributed by atoms with Crippen molar-refractivity contribution in [1.29, 1.82) is 0 Å². The molecule has 0 fully saturated rings. The predicted octanol–water partition coefficient (Wildman–Crippen LogP) is 1.36. The molecule has 0 radical (unpaired) electrons. The van der Waals surface area contributed by atoms with E-state index in [4.69, 9.17) is 4.55 Å². The molecule has 0 amide bonds. The summed E-state index contributed by atoms with van der Waals surface area (Å²) in [5.74, 6) is 0. The summed E-state index contributed by atoms with van der Waals surface area (Å²) < 4.78 is 18.9. The second-order valence-corrected chi connectivity index (χ2v) is 3.22. The van der Waals surface area contributed by atoms with E-state index in [1.54, 1.807) is 25.1 Å². The van der Waals surface area contributed by atoms with Crippen LogP contribution in [-0.4, -0.2) is 13.9 Å². The first kappa shape index (κ1) is 9.09. The molecule has 0 aliphatic rings. The molecule has 1 rings (SSSR count). The largest absolute Gasteiger partial charge is 0.300 e. The van der Waals surface area contributed by atoms with Crippen LogP contribution in [0.15, 0.2) is 24.3 Å². The molecule has 1 aromatic carbocycles. The Bertz CT molecular complexity index is 333. The van der Waals surface area contributed by atoms with Crippen LogP contribution in [0.4, 0.5) is 0 Å². The van der Waals surface area contributed by atoms with Crippen molar-refractivity contribution < 1.29 is 13.6 Å². The van der Waals surface area contributed by atoms with Gasteiger partial charge in [0.05, 0.1) is 0 Å². The van der Waals surface area contributed by atoms with Gasteiger partial charge in [-0.25, -0.2) is 4.21 Å². The average Bonchev–Trinajstić information content (AvgIpc) is 2.04. The fraction of sp³-hybridized carbons (Fsp3) is 0.125. The molecule has 0 saturated carbocycles. The molecule has 1 aromatic rings. The minimum Gasteiger partial charge on any atom is -0.300 e. The topological polar surface area (TPSA) is 54.4 Å². The van der Waals surface area contributed by atoms with Gasteiger partial charge < -0.3 is 0 Å². The van der Waals surface area contributed by atoms with E-state index in [9.17, 15) is 9.00 Å². The highest BCUT2D eigenvalue weighted by molar-refractivity contribution is 7.95. The SMILES string of the molecule is Cc1ccccc1C(=O)S(=O)O. The third-order valence-corrected chi connectivity index (χ3v) is 2.06. The molecule has 0 aliphatic carbocycles. The zero-order valence-electron chi connectivity index (χ0n) is 6.48. The van der Waals surface area contributed by atoms with Crippen LogP contribution in [0.5, 0.6) is 0 Å². The van der Waals surface area contributed by atoms with Crippen LogP contribution in [0, 0.1) is 6.92 Å². The van der Waals surface area contributed by atoms with Crippen molar-refractivity contribution in [3.05, 3.63) is 35.4 Å². The molecule has 0 spiro atoms. The normalized spacial score (nSPS) is 12.5. The van der Waals surface area contributed by atoms with Gasteiger partial charge in [0.2, 0.25) is 11.1 Å². The van der Waals surface area contributed by atoms with Gasteiger partial charge in [-0.15, -0.1) is 0 Å². The fourth-order valence-electron chi connectivity index (χ4n) is 0.896. The van der Waals surface area contributed by atoms with Crippen LogP contribution in [0.3, 0.4) is 0 Å². The Labute approximate surface area is 72.7 Å². The Morgan fingerprint density at radius 1 is 1.42 bits per heavy atom.